The van der Waals surface area contributed by atoms with Crippen molar-refractivity contribution in [1.82, 2.24) is 0 Å². The van der Waals surface area contributed by atoms with Crippen LogP contribution in [0.15, 0.2) is 133 Å². The first-order valence-corrected chi connectivity index (χ1v) is 16.4. The van der Waals surface area contributed by atoms with E-state index < -0.39 is 11.7 Å². The van der Waals surface area contributed by atoms with Gasteiger partial charge in [-0.3, -0.25) is 9.59 Å². The number of amides is 1. The van der Waals surface area contributed by atoms with Crippen molar-refractivity contribution in [3.8, 4) is 11.1 Å². The minimum atomic E-state index is -4.43. The summed E-state index contributed by atoms with van der Waals surface area (Å²) in [6.07, 6.45) is -2.10. The predicted molar refractivity (Wildman–Crippen MR) is 187 cm³/mol. The molecule has 1 aliphatic rings. The Labute approximate surface area is 284 Å². The molecule has 0 bridgehead atoms. The third-order valence-electron chi connectivity index (χ3n) is 9.09. The minimum absolute atomic E-state index is 0.145. The van der Waals surface area contributed by atoms with E-state index in [1.54, 1.807) is 24.3 Å². The zero-order chi connectivity index (χ0) is 34.2. The lowest BCUT2D eigenvalue weighted by molar-refractivity contribution is -0.147. The normalized spacial score (nSPS) is 14.2. The molecule has 49 heavy (non-hydrogen) atoms. The van der Waals surface area contributed by atoms with Gasteiger partial charge in [-0.05, 0) is 83.5 Å². The average Bonchev–Trinajstić information content (AvgIpc) is 3.13. The molecule has 5 aromatic carbocycles. The number of halogens is 3. The van der Waals surface area contributed by atoms with Gasteiger partial charge >= 0.3 is 12.1 Å². The van der Waals surface area contributed by atoms with Crippen molar-refractivity contribution in [2.45, 2.75) is 31.4 Å². The summed E-state index contributed by atoms with van der Waals surface area (Å²) in [6, 6.07) is 39.1. The van der Waals surface area contributed by atoms with E-state index in [0.717, 1.165) is 54.9 Å². The summed E-state index contributed by atoms with van der Waals surface area (Å²) < 4.78 is 45.0. The Kier molecular flexibility index (Phi) is 10.4. The Balaban J connectivity index is 1.07. The summed E-state index contributed by atoms with van der Waals surface area (Å²) in [6.45, 7) is 1.89. The van der Waals surface area contributed by atoms with E-state index in [1.807, 2.05) is 84.9 Å². The largest absolute Gasteiger partial charge is 0.465 e. The number of nitrogens with zero attached hydrogens (tertiary/aromatic N) is 1. The summed E-state index contributed by atoms with van der Waals surface area (Å²) in [5.41, 5.74) is 4.42. The van der Waals surface area contributed by atoms with Crippen LogP contribution < -0.4 is 10.2 Å². The Morgan fingerprint density at radius 3 is 2.02 bits per heavy atom. The third-order valence-corrected chi connectivity index (χ3v) is 9.09. The fourth-order valence-corrected chi connectivity index (χ4v) is 6.48. The monoisotopic (exact) mass is 662 g/mol. The molecule has 0 aliphatic carbocycles. The van der Waals surface area contributed by atoms with E-state index in [0.29, 0.717) is 35.4 Å². The van der Waals surface area contributed by atoms with Crippen molar-refractivity contribution < 1.29 is 27.5 Å². The lowest BCUT2D eigenvalue weighted by Crippen LogP contribution is -2.37. The Bertz CT molecular complexity index is 1840. The van der Waals surface area contributed by atoms with Crippen LogP contribution in [-0.4, -0.2) is 31.6 Å². The molecule has 6 rings (SSSR count). The number of hydrogen-bond donors (Lipinski definition) is 1. The van der Waals surface area contributed by atoms with E-state index in [4.69, 9.17) is 4.74 Å². The molecule has 1 fully saturated rings. The van der Waals surface area contributed by atoms with E-state index in [9.17, 15) is 22.8 Å². The van der Waals surface area contributed by atoms with E-state index >= 15 is 0 Å². The van der Waals surface area contributed by atoms with E-state index in [-0.39, 0.29) is 23.7 Å². The summed E-state index contributed by atoms with van der Waals surface area (Å²) in [5, 5.41) is 2.93. The van der Waals surface area contributed by atoms with Crippen LogP contribution in [0.4, 0.5) is 24.5 Å². The molecular weight excluding hydrogens is 625 g/mol. The Morgan fingerprint density at radius 1 is 0.755 bits per heavy atom. The van der Waals surface area contributed by atoms with Crippen molar-refractivity contribution in [1.29, 1.82) is 0 Å². The number of nitrogens with one attached hydrogen (secondary N) is 1. The number of benzene rings is 5. The van der Waals surface area contributed by atoms with Gasteiger partial charge in [-0.1, -0.05) is 91.0 Å². The SMILES string of the molecule is O=C(Nc1ccc(N2CCC(C(C(=O)OCCc3ccccc3)c3ccccc3)CC2)cc1)c1ccccc1-c1ccc(C(F)(F)F)cc1. The highest BCUT2D eigenvalue weighted by Gasteiger charge is 2.34. The molecule has 5 nitrogen and oxygen atoms in total. The highest BCUT2D eigenvalue weighted by molar-refractivity contribution is 6.08. The van der Waals surface area contributed by atoms with Crippen LogP contribution in [0.3, 0.4) is 0 Å². The van der Waals surface area contributed by atoms with Gasteiger partial charge in [-0.15, -0.1) is 0 Å². The fourth-order valence-electron chi connectivity index (χ4n) is 6.48. The summed E-state index contributed by atoms with van der Waals surface area (Å²) in [5.74, 6) is -0.722. The Morgan fingerprint density at radius 2 is 1.37 bits per heavy atom. The molecule has 1 N–H and O–H groups in total. The predicted octanol–water partition coefficient (Wildman–Crippen LogP) is 9.41. The number of ether oxygens (including phenoxy) is 1. The highest BCUT2D eigenvalue weighted by atomic mass is 19.4. The smallest absolute Gasteiger partial charge is 0.416 e. The number of hydrogen-bond acceptors (Lipinski definition) is 4. The Hall–Kier alpha value is -5.37. The number of anilines is 2. The molecule has 0 aromatic heterocycles. The topological polar surface area (TPSA) is 58.6 Å². The second kappa shape index (κ2) is 15.2. The van der Waals surface area contributed by atoms with E-state index in [1.165, 1.54) is 12.1 Å². The third kappa shape index (κ3) is 8.38. The molecule has 0 saturated carbocycles. The maximum Gasteiger partial charge on any atom is 0.416 e. The van der Waals surface area contributed by atoms with Crippen molar-refractivity contribution in [3.05, 3.63) is 156 Å². The van der Waals surface area contributed by atoms with Crippen LogP contribution in [0.2, 0.25) is 0 Å². The number of carbonyl (C=O) groups excluding carboxylic acids is 2. The molecule has 1 unspecified atom stereocenters. The first-order valence-electron chi connectivity index (χ1n) is 16.4. The molecule has 1 aliphatic heterocycles. The van der Waals surface area contributed by atoms with Gasteiger partial charge in [0.15, 0.2) is 0 Å². The summed E-state index contributed by atoms with van der Waals surface area (Å²) in [7, 11) is 0. The van der Waals surface area contributed by atoms with Gasteiger partial charge in [0.25, 0.3) is 5.91 Å². The number of piperidine rings is 1. The van der Waals surface area contributed by atoms with Crippen LogP contribution in [0.25, 0.3) is 11.1 Å². The van der Waals surface area contributed by atoms with Gasteiger partial charge in [-0.25, -0.2) is 0 Å². The maximum atomic E-state index is 13.5. The first kappa shape index (κ1) is 33.5. The van der Waals surface area contributed by atoms with Crippen molar-refractivity contribution >= 4 is 23.3 Å². The van der Waals surface area contributed by atoms with Crippen LogP contribution in [0, 0.1) is 5.92 Å². The van der Waals surface area contributed by atoms with Gasteiger partial charge in [0.2, 0.25) is 0 Å². The lowest BCUT2D eigenvalue weighted by atomic mass is 9.80. The fraction of sp³-hybridized carbons (Fsp3) is 0.220. The number of carbonyl (C=O) groups is 2. The van der Waals surface area contributed by atoms with E-state index in [2.05, 4.69) is 10.2 Å². The molecule has 0 radical (unpaired) electrons. The van der Waals surface area contributed by atoms with Crippen LogP contribution in [0.1, 0.15) is 45.8 Å². The molecule has 8 heteroatoms. The van der Waals surface area contributed by atoms with Crippen molar-refractivity contribution in [3.63, 3.8) is 0 Å². The highest BCUT2D eigenvalue weighted by Crippen LogP contribution is 2.36. The van der Waals surface area contributed by atoms with Crippen LogP contribution in [-0.2, 0) is 22.1 Å². The van der Waals surface area contributed by atoms with Crippen LogP contribution >= 0.6 is 0 Å². The van der Waals surface area contributed by atoms with Crippen LogP contribution in [0.5, 0.6) is 0 Å². The average molecular weight is 663 g/mol. The maximum absolute atomic E-state index is 13.5. The standard InChI is InChI=1S/C41H37F3N2O3/c42-41(43,44)33-17-15-30(16-18-33)36-13-7-8-14-37(36)39(47)45-34-19-21-35(22-20-34)46-26-23-32(24-27-46)38(31-11-5-2-6-12-31)40(48)49-28-25-29-9-3-1-4-10-29/h1-22,32,38H,23-28H2,(H,45,47). The second-order valence-electron chi connectivity index (χ2n) is 12.2. The molecule has 1 heterocycles. The van der Waals surface area contributed by atoms with Crippen molar-refractivity contribution in [2.75, 3.05) is 29.9 Å². The number of esters is 1. The number of alkyl halides is 3. The van der Waals surface area contributed by atoms with Gasteiger partial charge in [0.05, 0.1) is 18.1 Å². The summed E-state index contributed by atoms with van der Waals surface area (Å²) in [4.78, 5) is 29.0. The molecular formula is C41H37F3N2O3. The second-order valence-corrected chi connectivity index (χ2v) is 12.2. The molecule has 0 spiro atoms. The summed E-state index contributed by atoms with van der Waals surface area (Å²) >= 11 is 0. The van der Waals surface area contributed by atoms with Gasteiger partial charge < -0.3 is 15.0 Å². The number of rotatable bonds is 10. The molecule has 250 valence electrons. The molecule has 1 atom stereocenters. The molecule has 1 amide bonds. The molecule has 5 aromatic rings. The van der Waals surface area contributed by atoms with Gasteiger partial charge in [0, 0.05) is 36.4 Å². The minimum Gasteiger partial charge on any atom is -0.465 e. The van der Waals surface area contributed by atoms with Crippen molar-refractivity contribution in [2.24, 2.45) is 5.92 Å². The quantitative estimate of drug-likeness (QED) is 0.152. The molecule has 1 saturated heterocycles. The van der Waals surface area contributed by atoms with Gasteiger partial charge in [0.1, 0.15) is 0 Å². The van der Waals surface area contributed by atoms with Gasteiger partial charge in [-0.2, -0.15) is 13.2 Å². The zero-order valence-electron chi connectivity index (χ0n) is 26.9. The lowest BCUT2D eigenvalue weighted by Gasteiger charge is -2.36. The zero-order valence-corrected chi connectivity index (χ0v) is 26.9. The first-order chi connectivity index (χ1) is 23.8.